The number of phenols is 1. The van der Waals surface area contributed by atoms with Gasteiger partial charge >= 0.3 is 0 Å². The van der Waals surface area contributed by atoms with Crippen molar-refractivity contribution in [3.63, 3.8) is 0 Å². The van der Waals surface area contributed by atoms with Crippen LogP contribution in [0.5, 0.6) is 5.75 Å². The van der Waals surface area contributed by atoms with Crippen LogP contribution in [-0.2, 0) is 27.3 Å². The number of hydrogen-bond donors (Lipinski definition) is 3. The van der Waals surface area contributed by atoms with Crippen LogP contribution in [0.1, 0.15) is 49.7 Å². The van der Waals surface area contributed by atoms with E-state index in [0.717, 1.165) is 5.56 Å². The van der Waals surface area contributed by atoms with Gasteiger partial charge in [0.1, 0.15) is 17.6 Å². The molecule has 7 nitrogen and oxygen atoms in total. The van der Waals surface area contributed by atoms with Gasteiger partial charge in [0.05, 0.1) is 0 Å². The molecule has 4 rings (SSSR count). The van der Waals surface area contributed by atoms with Gasteiger partial charge in [-0.15, -0.1) is 0 Å². The van der Waals surface area contributed by atoms with E-state index in [1.54, 1.807) is 24.3 Å². The summed E-state index contributed by atoms with van der Waals surface area (Å²) < 4.78 is 41.4. The Balaban J connectivity index is 1.56. The molecule has 1 saturated carbocycles. The molecule has 39 heavy (non-hydrogen) atoms. The number of aromatic hydroxyl groups is 1. The molecule has 3 atom stereocenters. The zero-order chi connectivity index (χ0) is 28.0. The highest BCUT2D eigenvalue weighted by Crippen LogP contribution is 2.40. The van der Waals surface area contributed by atoms with Crippen LogP contribution in [0.2, 0.25) is 0 Å². The van der Waals surface area contributed by atoms with E-state index in [0.29, 0.717) is 18.4 Å². The molecule has 2 aromatic carbocycles. The van der Waals surface area contributed by atoms with Gasteiger partial charge in [-0.05, 0) is 60.6 Å². The SMILES string of the molecule is O=C1CCC(C(C(=O)NCc2ccc(F)cc2)N(CC2CCC(F)(F)C2)C(=O)CCc2ccc(O)cc2)CN1. The Hall–Kier alpha value is -3.56. The molecule has 210 valence electrons. The monoisotopic (exact) mass is 545 g/mol. The third-order valence-electron chi connectivity index (χ3n) is 7.58. The normalized spacial score (nSPS) is 21.2. The fourth-order valence-corrected chi connectivity index (χ4v) is 5.43. The van der Waals surface area contributed by atoms with Crippen molar-refractivity contribution in [3.05, 3.63) is 65.5 Å². The quantitative estimate of drug-likeness (QED) is 0.421. The molecule has 0 spiro atoms. The van der Waals surface area contributed by atoms with Crippen molar-refractivity contribution in [2.24, 2.45) is 11.8 Å². The molecule has 0 aromatic heterocycles. The van der Waals surface area contributed by atoms with Gasteiger partial charge in [-0.2, -0.15) is 0 Å². The summed E-state index contributed by atoms with van der Waals surface area (Å²) in [4.78, 5) is 40.6. The molecule has 3 amide bonds. The second-order valence-corrected chi connectivity index (χ2v) is 10.6. The summed E-state index contributed by atoms with van der Waals surface area (Å²) in [5.74, 6) is -4.87. The number of phenolic OH excluding ortho intramolecular Hbond substituents is 1. The summed E-state index contributed by atoms with van der Waals surface area (Å²) in [5, 5.41) is 15.1. The number of amides is 3. The first-order valence-corrected chi connectivity index (χ1v) is 13.3. The number of rotatable bonds is 10. The van der Waals surface area contributed by atoms with E-state index in [-0.39, 0.29) is 69.3 Å². The lowest BCUT2D eigenvalue weighted by Gasteiger charge is -2.39. The average Bonchev–Trinajstić information content (AvgIpc) is 3.26. The molecule has 1 saturated heterocycles. The summed E-state index contributed by atoms with van der Waals surface area (Å²) in [6.07, 6.45) is 0.622. The maximum atomic E-state index is 14.1. The largest absolute Gasteiger partial charge is 0.508 e. The number of hydrogen-bond acceptors (Lipinski definition) is 4. The number of nitrogens with zero attached hydrogens (tertiary/aromatic N) is 1. The van der Waals surface area contributed by atoms with Crippen LogP contribution < -0.4 is 10.6 Å². The molecule has 1 heterocycles. The first-order chi connectivity index (χ1) is 18.6. The lowest BCUT2D eigenvalue weighted by molar-refractivity contribution is -0.144. The minimum Gasteiger partial charge on any atom is -0.508 e. The number of piperidine rings is 1. The van der Waals surface area contributed by atoms with E-state index in [1.807, 2.05) is 0 Å². The highest BCUT2D eigenvalue weighted by Gasteiger charge is 2.44. The Morgan fingerprint density at radius 2 is 1.77 bits per heavy atom. The van der Waals surface area contributed by atoms with Crippen molar-refractivity contribution in [2.75, 3.05) is 13.1 Å². The molecule has 2 aliphatic rings. The maximum Gasteiger partial charge on any atom is 0.248 e. The fraction of sp³-hybridized carbons (Fsp3) is 0.483. The minimum absolute atomic E-state index is 0.0169. The van der Waals surface area contributed by atoms with E-state index in [9.17, 15) is 32.7 Å². The fourth-order valence-electron chi connectivity index (χ4n) is 5.43. The molecule has 0 bridgehead atoms. The van der Waals surface area contributed by atoms with E-state index in [1.165, 1.54) is 29.2 Å². The number of benzene rings is 2. The van der Waals surface area contributed by atoms with Crippen molar-refractivity contribution in [1.82, 2.24) is 15.5 Å². The third kappa shape index (κ3) is 7.97. The first kappa shape index (κ1) is 28.4. The second kappa shape index (κ2) is 12.5. The van der Waals surface area contributed by atoms with Crippen molar-refractivity contribution in [3.8, 4) is 5.75 Å². The lowest BCUT2D eigenvalue weighted by atomic mass is 9.88. The molecule has 0 radical (unpaired) electrons. The van der Waals surface area contributed by atoms with Gasteiger partial charge in [0.25, 0.3) is 0 Å². The van der Waals surface area contributed by atoms with Gasteiger partial charge in [0, 0.05) is 51.2 Å². The summed E-state index contributed by atoms with van der Waals surface area (Å²) in [5.41, 5.74) is 1.48. The van der Waals surface area contributed by atoms with Gasteiger partial charge in [0.2, 0.25) is 23.6 Å². The van der Waals surface area contributed by atoms with Crippen LogP contribution in [0.25, 0.3) is 0 Å². The Morgan fingerprint density at radius 3 is 2.38 bits per heavy atom. The highest BCUT2D eigenvalue weighted by molar-refractivity contribution is 5.88. The Morgan fingerprint density at radius 1 is 1.08 bits per heavy atom. The zero-order valence-electron chi connectivity index (χ0n) is 21.7. The highest BCUT2D eigenvalue weighted by atomic mass is 19.3. The number of halogens is 3. The third-order valence-corrected chi connectivity index (χ3v) is 7.58. The van der Waals surface area contributed by atoms with Crippen LogP contribution in [0.15, 0.2) is 48.5 Å². The van der Waals surface area contributed by atoms with E-state index in [4.69, 9.17) is 0 Å². The molecule has 2 fully saturated rings. The summed E-state index contributed by atoms with van der Waals surface area (Å²) in [7, 11) is 0. The number of alkyl halides is 2. The van der Waals surface area contributed by atoms with Crippen LogP contribution in [-0.4, -0.2) is 52.8 Å². The summed E-state index contributed by atoms with van der Waals surface area (Å²) in [6, 6.07) is 11.2. The predicted octanol–water partition coefficient (Wildman–Crippen LogP) is 3.94. The number of carbonyl (C=O) groups is 3. The van der Waals surface area contributed by atoms with Crippen LogP contribution >= 0.6 is 0 Å². The van der Waals surface area contributed by atoms with Gasteiger partial charge in [-0.1, -0.05) is 24.3 Å². The van der Waals surface area contributed by atoms with Crippen LogP contribution in [0, 0.1) is 17.7 Å². The van der Waals surface area contributed by atoms with Crippen molar-refractivity contribution < 1.29 is 32.7 Å². The smallest absolute Gasteiger partial charge is 0.248 e. The molecule has 10 heteroatoms. The lowest BCUT2D eigenvalue weighted by Crippen LogP contribution is -2.57. The number of carbonyl (C=O) groups excluding carboxylic acids is 3. The van der Waals surface area contributed by atoms with Crippen molar-refractivity contribution >= 4 is 17.7 Å². The molecular formula is C29H34F3N3O4. The average molecular weight is 546 g/mol. The maximum absolute atomic E-state index is 14.1. The molecule has 1 aliphatic heterocycles. The van der Waals surface area contributed by atoms with E-state index >= 15 is 0 Å². The molecular weight excluding hydrogens is 511 g/mol. The standard InChI is InChI=1S/C29H34F3N3O4/c30-23-7-1-20(2-8-23)16-34-28(39)27(22-6-11-25(37)33-17-22)35(18-21-13-14-29(31,32)15-21)26(38)12-5-19-3-9-24(36)10-4-19/h1-4,7-10,21-22,27,36H,5-6,11-18H2,(H,33,37)(H,34,39). The molecule has 2 aromatic rings. The Labute approximate surface area is 225 Å². The van der Waals surface area contributed by atoms with E-state index < -0.39 is 35.5 Å². The van der Waals surface area contributed by atoms with Gasteiger partial charge in [0.15, 0.2) is 0 Å². The molecule has 3 N–H and O–H groups in total. The van der Waals surface area contributed by atoms with Gasteiger partial charge in [-0.25, -0.2) is 13.2 Å². The first-order valence-electron chi connectivity index (χ1n) is 13.3. The molecule has 1 aliphatic carbocycles. The van der Waals surface area contributed by atoms with E-state index in [2.05, 4.69) is 10.6 Å². The number of nitrogens with one attached hydrogen (secondary N) is 2. The van der Waals surface area contributed by atoms with Gasteiger partial charge in [-0.3, -0.25) is 14.4 Å². The zero-order valence-corrected chi connectivity index (χ0v) is 21.7. The van der Waals surface area contributed by atoms with Gasteiger partial charge < -0.3 is 20.6 Å². The summed E-state index contributed by atoms with van der Waals surface area (Å²) in [6.45, 7) is 0.310. The van der Waals surface area contributed by atoms with Crippen molar-refractivity contribution in [2.45, 2.75) is 63.5 Å². The van der Waals surface area contributed by atoms with Crippen LogP contribution in [0.3, 0.4) is 0 Å². The van der Waals surface area contributed by atoms with Crippen molar-refractivity contribution in [1.29, 1.82) is 0 Å². The minimum atomic E-state index is -2.80. The predicted molar refractivity (Wildman–Crippen MR) is 138 cm³/mol. The second-order valence-electron chi connectivity index (χ2n) is 10.6. The Bertz CT molecular complexity index is 1150. The topological polar surface area (TPSA) is 98.7 Å². The van der Waals surface area contributed by atoms with Crippen LogP contribution in [0.4, 0.5) is 13.2 Å². The molecule has 3 unspecified atom stereocenters. The Kier molecular flexibility index (Phi) is 9.14. The summed E-state index contributed by atoms with van der Waals surface area (Å²) >= 11 is 0. The number of aryl methyl sites for hydroxylation is 1.